The van der Waals surface area contributed by atoms with Crippen LogP contribution in [0.3, 0.4) is 0 Å². The second-order valence-corrected chi connectivity index (χ2v) is 3.23. The van der Waals surface area contributed by atoms with Crippen LogP contribution < -0.4 is 0 Å². The number of carboxylic acids is 1. The van der Waals surface area contributed by atoms with E-state index in [0.29, 0.717) is 0 Å². The molecule has 0 bridgehead atoms. The van der Waals surface area contributed by atoms with Crippen LogP contribution in [0.5, 0.6) is 0 Å². The third-order valence-electron chi connectivity index (χ3n) is 2.29. The van der Waals surface area contributed by atoms with Crippen LogP contribution in [0.2, 0.25) is 0 Å². The first kappa shape index (κ1) is 7.32. The first-order chi connectivity index (χ1) is 4.54. The van der Waals surface area contributed by atoms with Crippen molar-refractivity contribution in [2.45, 2.75) is 26.7 Å². The van der Waals surface area contributed by atoms with E-state index in [0.717, 1.165) is 18.4 Å². The molecule has 0 aromatic rings. The van der Waals surface area contributed by atoms with Gasteiger partial charge in [-0.2, -0.15) is 0 Å². The first-order valence-corrected chi connectivity index (χ1v) is 3.46. The molecule has 2 heteroatoms. The van der Waals surface area contributed by atoms with Crippen molar-refractivity contribution in [2.75, 3.05) is 0 Å². The average Bonchev–Trinajstić information content (AvgIpc) is 2.47. The molecule has 1 N–H and O–H groups in total. The Morgan fingerprint density at radius 3 is 2.40 bits per heavy atom. The minimum absolute atomic E-state index is 0.221. The molecule has 1 aliphatic rings. The molecular formula is C8H12O2. The Hall–Kier alpha value is -0.790. The number of rotatable bonds is 2. The van der Waals surface area contributed by atoms with Crippen LogP contribution in [0.25, 0.3) is 0 Å². The molecular weight excluding hydrogens is 128 g/mol. The van der Waals surface area contributed by atoms with Crippen molar-refractivity contribution in [3.8, 4) is 0 Å². The highest BCUT2D eigenvalue weighted by atomic mass is 16.4. The molecule has 0 aromatic heterocycles. The van der Waals surface area contributed by atoms with Crippen LogP contribution in [0.4, 0.5) is 0 Å². The van der Waals surface area contributed by atoms with Crippen molar-refractivity contribution < 1.29 is 9.90 Å². The summed E-state index contributed by atoms with van der Waals surface area (Å²) < 4.78 is 0. The van der Waals surface area contributed by atoms with Gasteiger partial charge in [-0.05, 0) is 25.2 Å². The summed E-state index contributed by atoms with van der Waals surface area (Å²) in [5, 5.41) is 8.40. The summed E-state index contributed by atoms with van der Waals surface area (Å²) in [6.45, 7) is 3.99. The largest absolute Gasteiger partial charge is 0.478 e. The Morgan fingerprint density at radius 2 is 2.10 bits per heavy atom. The lowest BCUT2D eigenvalue weighted by Gasteiger charge is -2.05. The average molecular weight is 140 g/mol. The van der Waals surface area contributed by atoms with Crippen LogP contribution in [-0.2, 0) is 4.79 Å². The molecule has 0 heterocycles. The number of carbonyl (C=O) groups is 1. The van der Waals surface area contributed by atoms with Crippen LogP contribution in [0, 0.1) is 5.41 Å². The predicted molar refractivity (Wildman–Crippen MR) is 38.7 cm³/mol. The third kappa shape index (κ3) is 1.38. The number of allylic oxidation sites excluding steroid dienone is 1. The maximum atomic E-state index is 10.2. The minimum Gasteiger partial charge on any atom is -0.478 e. The van der Waals surface area contributed by atoms with E-state index in [1.807, 2.05) is 6.92 Å². The van der Waals surface area contributed by atoms with Gasteiger partial charge in [0.15, 0.2) is 0 Å². The van der Waals surface area contributed by atoms with Gasteiger partial charge >= 0.3 is 5.97 Å². The predicted octanol–water partition coefficient (Wildman–Crippen LogP) is 1.82. The summed E-state index contributed by atoms with van der Waals surface area (Å²) in [7, 11) is 0. The Labute approximate surface area is 60.6 Å². The van der Waals surface area contributed by atoms with E-state index in [1.165, 1.54) is 6.08 Å². The van der Waals surface area contributed by atoms with Crippen molar-refractivity contribution >= 4 is 5.97 Å². The fourth-order valence-corrected chi connectivity index (χ4v) is 0.941. The van der Waals surface area contributed by atoms with Gasteiger partial charge in [0.2, 0.25) is 0 Å². The molecule has 0 spiro atoms. The van der Waals surface area contributed by atoms with Crippen molar-refractivity contribution in [3.05, 3.63) is 11.6 Å². The topological polar surface area (TPSA) is 37.3 Å². The highest BCUT2D eigenvalue weighted by Gasteiger charge is 2.38. The fraction of sp³-hybridized carbons (Fsp3) is 0.625. The van der Waals surface area contributed by atoms with Crippen molar-refractivity contribution in [1.29, 1.82) is 0 Å². The zero-order valence-corrected chi connectivity index (χ0v) is 6.35. The zero-order chi connectivity index (χ0) is 7.78. The summed E-state index contributed by atoms with van der Waals surface area (Å²) >= 11 is 0. The van der Waals surface area contributed by atoms with E-state index in [4.69, 9.17) is 5.11 Å². The molecule has 0 atom stereocenters. The second kappa shape index (κ2) is 2.11. The van der Waals surface area contributed by atoms with Gasteiger partial charge in [-0.25, -0.2) is 4.79 Å². The van der Waals surface area contributed by atoms with Gasteiger partial charge in [0.05, 0.1) is 0 Å². The molecule has 1 saturated carbocycles. The highest BCUT2D eigenvalue weighted by molar-refractivity contribution is 5.80. The van der Waals surface area contributed by atoms with Crippen molar-refractivity contribution in [1.82, 2.24) is 0 Å². The van der Waals surface area contributed by atoms with E-state index in [1.54, 1.807) is 0 Å². The summed E-state index contributed by atoms with van der Waals surface area (Å²) in [6, 6.07) is 0. The molecule has 0 aromatic carbocycles. The third-order valence-corrected chi connectivity index (χ3v) is 2.29. The lowest BCUT2D eigenvalue weighted by Crippen LogP contribution is -1.98. The number of aliphatic carboxylic acids is 1. The maximum Gasteiger partial charge on any atom is 0.328 e. The Morgan fingerprint density at radius 1 is 1.60 bits per heavy atom. The number of hydrogen-bond acceptors (Lipinski definition) is 1. The smallest absolute Gasteiger partial charge is 0.328 e. The van der Waals surface area contributed by atoms with Crippen LogP contribution >= 0.6 is 0 Å². The first-order valence-electron chi connectivity index (χ1n) is 3.46. The Balaban J connectivity index is 2.64. The van der Waals surface area contributed by atoms with E-state index in [-0.39, 0.29) is 5.41 Å². The second-order valence-electron chi connectivity index (χ2n) is 3.23. The van der Waals surface area contributed by atoms with Crippen molar-refractivity contribution in [2.24, 2.45) is 5.41 Å². The summed E-state index contributed by atoms with van der Waals surface area (Å²) in [4.78, 5) is 10.2. The van der Waals surface area contributed by atoms with E-state index < -0.39 is 5.97 Å². The molecule has 0 saturated heterocycles. The SMILES string of the molecule is C/C(=C\C(=O)O)C1(C)CC1. The van der Waals surface area contributed by atoms with Crippen LogP contribution in [0.15, 0.2) is 11.6 Å². The molecule has 1 rings (SSSR count). The molecule has 1 fully saturated rings. The Bertz CT molecular complexity index is 187. The van der Waals surface area contributed by atoms with Gasteiger partial charge in [0, 0.05) is 6.08 Å². The van der Waals surface area contributed by atoms with Crippen LogP contribution in [0.1, 0.15) is 26.7 Å². The molecule has 2 nitrogen and oxygen atoms in total. The van der Waals surface area contributed by atoms with Crippen molar-refractivity contribution in [3.63, 3.8) is 0 Å². The van der Waals surface area contributed by atoms with E-state index >= 15 is 0 Å². The molecule has 1 aliphatic carbocycles. The van der Waals surface area contributed by atoms with Gasteiger partial charge < -0.3 is 5.11 Å². The van der Waals surface area contributed by atoms with E-state index in [9.17, 15) is 4.79 Å². The summed E-state index contributed by atoms with van der Waals surface area (Å²) in [6.07, 6.45) is 3.60. The summed E-state index contributed by atoms with van der Waals surface area (Å²) in [5.74, 6) is -0.828. The van der Waals surface area contributed by atoms with E-state index in [2.05, 4.69) is 6.92 Å². The van der Waals surface area contributed by atoms with Gasteiger partial charge in [0.25, 0.3) is 0 Å². The Kier molecular flexibility index (Phi) is 1.55. The van der Waals surface area contributed by atoms with Crippen LogP contribution in [-0.4, -0.2) is 11.1 Å². The molecule has 0 amide bonds. The molecule has 0 aliphatic heterocycles. The zero-order valence-electron chi connectivity index (χ0n) is 6.35. The van der Waals surface area contributed by atoms with Gasteiger partial charge in [-0.15, -0.1) is 0 Å². The monoisotopic (exact) mass is 140 g/mol. The minimum atomic E-state index is -0.828. The fourth-order valence-electron chi connectivity index (χ4n) is 0.941. The normalized spacial score (nSPS) is 22.4. The maximum absolute atomic E-state index is 10.2. The number of hydrogen-bond donors (Lipinski definition) is 1. The van der Waals surface area contributed by atoms with Gasteiger partial charge in [-0.3, -0.25) is 0 Å². The highest BCUT2D eigenvalue weighted by Crippen LogP contribution is 2.50. The van der Waals surface area contributed by atoms with Gasteiger partial charge in [0.1, 0.15) is 0 Å². The quantitative estimate of drug-likeness (QED) is 0.594. The molecule has 56 valence electrons. The molecule has 0 radical (unpaired) electrons. The lowest BCUT2D eigenvalue weighted by molar-refractivity contribution is -0.131. The van der Waals surface area contributed by atoms with Gasteiger partial charge in [-0.1, -0.05) is 12.5 Å². The standard InChI is InChI=1S/C8H12O2/c1-6(5-7(9)10)8(2)3-4-8/h5H,3-4H2,1-2H3,(H,9,10)/b6-5+. The summed E-state index contributed by atoms with van der Waals surface area (Å²) in [5.41, 5.74) is 1.22. The molecule has 0 unspecified atom stereocenters. The molecule has 10 heavy (non-hydrogen) atoms. The lowest BCUT2D eigenvalue weighted by atomic mass is 10.00. The number of carboxylic acid groups (broad SMARTS) is 1.